The summed E-state index contributed by atoms with van der Waals surface area (Å²) < 4.78 is 2.46. The number of rotatable bonds is 15. The van der Waals surface area contributed by atoms with Crippen LogP contribution in [0, 0.1) is 27.7 Å². The lowest BCUT2D eigenvalue weighted by Crippen LogP contribution is -2.16. The average molecular weight is 1000 g/mol. The molecular formula is C71H60N4S. The summed E-state index contributed by atoms with van der Waals surface area (Å²) in [4.78, 5) is 9.40. The first-order valence-corrected chi connectivity index (χ1v) is 26.8. The Morgan fingerprint density at radius 2 is 0.789 bits per heavy atom. The molecule has 5 heteroatoms. The third-order valence-electron chi connectivity index (χ3n) is 13.9. The van der Waals surface area contributed by atoms with Gasteiger partial charge in [0.15, 0.2) is 0 Å². The van der Waals surface area contributed by atoms with Crippen LogP contribution in [0.3, 0.4) is 0 Å². The number of nitrogens with zero attached hydrogens (tertiary/aromatic N) is 4. The molecule has 370 valence electrons. The van der Waals surface area contributed by atoms with E-state index in [0.29, 0.717) is 0 Å². The highest BCUT2D eigenvalue weighted by atomic mass is 32.1. The maximum Gasteiger partial charge on any atom is 0.0488 e. The van der Waals surface area contributed by atoms with Gasteiger partial charge in [-0.25, -0.2) is 0 Å². The van der Waals surface area contributed by atoms with Gasteiger partial charge in [0.25, 0.3) is 0 Å². The Hall–Kier alpha value is -9.16. The van der Waals surface area contributed by atoms with Gasteiger partial charge < -0.3 is 19.6 Å². The van der Waals surface area contributed by atoms with Gasteiger partial charge >= 0.3 is 0 Å². The molecule has 1 aromatic heterocycles. The number of aryl methyl sites for hydroxylation is 4. The molecule has 0 aliphatic carbocycles. The van der Waals surface area contributed by atoms with Gasteiger partial charge in [0.05, 0.1) is 0 Å². The third-order valence-corrected chi connectivity index (χ3v) is 15.1. The molecular weight excluding hydrogens is 941 g/mol. The van der Waals surface area contributed by atoms with E-state index in [4.69, 9.17) is 0 Å². The average Bonchev–Trinajstić information content (AvgIpc) is 3.82. The Bertz CT molecular complexity index is 3670. The van der Waals surface area contributed by atoms with Gasteiger partial charge in [-0.2, -0.15) is 0 Å². The Morgan fingerprint density at radius 3 is 1.30 bits per heavy atom. The van der Waals surface area contributed by atoms with Crippen molar-refractivity contribution in [3.05, 3.63) is 295 Å². The highest BCUT2D eigenvalue weighted by Crippen LogP contribution is 2.46. The van der Waals surface area contributed by atoms with Crippen LogP contribution in [0.5, 0.6) is 0 Å². The minimum Gasteiger partial charge on any atom is -0.310 e. The first kappa shape index (κ1) is 49.1. The lowest BCUT2D eigenvalue weighted by atomic mass is 9.99. The molecule has 11 rings (SSSR count). The summed E-state index contributed by atoms with van der Waals surface area (Å²) in [6.07, 6.45) is 8.13. The zero-order chi connectivity index (χ0) is 52.1. The van der Waals surface area contributed by atoms with Crippen molar-refractivity contribution >= 4 is 94.1 Å². The number of anilines is 11. The van der Waals surface area contributed by atoms with Gasteiger partial charge in [-0.15, -0.1) is 11.3 Å². The maximum absolute atomic E-state index is 4.23. The Morgan fingerprint density at radius 1 is 0.355 bits per heavy atom. The normalized spacial score (nSPS) is 11.6. The van der Waals surface area contributed by atoms with Gasteiger partial charge in [-0.1, -0.05) is 144 Å². The second-order valence-corrected chi connectivity index (χ2v) is 20.5. The summed E-state index contributed by atoms with van der Waals surface area (Å²) in [7, 11) is 0. The van der Waals surface area contributed by atoms with Gasteiger partial charge in [-0.05, 0) is 191 Å². The van der Waals surface area contributed by atoms with Crippen LogP contribution < -0.4 is 19.6 Å². The van der Waals surface area contributed by atoms with Crippen molar-refractivity contribution in [1.82, 2.24) is 0 Å². The van der Waals surface area contributed by atoms with Crippen molar-refractivity contribution in [2.24, 2.45) is 0 Å². The minimum absolute atomic E-state index is 0.978. The molecule has 0 spiro atoms. The fraction of sp³-hybridized carbons (Fsp3) is 0.0704. The second kappa shape index (κ2) is 21.7. The second-order valence-electron chi connectivity index (χ2n) is 19.4. The predicted octanol–water partition coefficient (Wildman–Crippen LogP) is 21.1. The molecule has 4 nitrogen and oxygen atoms in total. The van der Waals surface area contributed by atoms with Crippen molar-refractivity contribution in [1.29, 1.82) is 0 Å². The molecule has 11 aromatic rings. The molecule has 10 aromatic carbocycles. The fourth-order valence-corrected chi connectivity index (χ4v) is 11.1. The van der Waals surface area contributed by atoms with Crippen LogP contribution in [0.1, 0.15) is 29.2 Å². The van der Waals surface area contributed by atoms with E-state index in [0.717, 1.165) is 79.4 Å². The van der Waals surface area contributed by atoms with Crippen molar-refractivity contribution in [3.8, 4) is 11.1 Å². The molecule has 0 bridgehead atoms. The van der Waals surface area contributed by atoms with E-state index < -0.39 is 0 Å². The summed E-state index contributed by atoms with van der Waals surface area (Å²) >= 11 is 1.84. The van der Waals surface area contributed by atoms with Gasteiger partial charge in [0.2, 0.25) is 0 Å². The Balaban J connectivity index is 1.06. The molecule has 1 heterocycles. The standard InChI is InChI=1S/C71H60N4S/c1-7-9-17-56(8-2)72(57-18-12-10-13-19-57)63-22-16-23-64(47-63)75(58-20-14-11-15-21-58)65-41-42-68-69-46-54(32-43-70(69)76-71(68)49-65)55-44-66(73(59-33-24-50(3)25-34-59)60-35-26-51(4)27-36-60)48-67(45-55)74(61-37-28-52(5)29-38-61)62-39-30-53(6)31-40-62/h7-49H,2H2,1,3-6H3/b9-7-,56-17+. The molecule has 76 heavy (non-hydrogen) atoms. The number of allylic oxidation sites excluding steroid dienone is 4. The Labute approximate surface area is 452 Å². The van der Waals surface area contributed by atoms with Crippen molar-refractivity contribution < 1.29 is 0 Å². The predicted molar refractivity (Wildman–Crippen MR) is 329 cm³/mol. The first-order valence-electron chi connectivity index (χ1n) is 26.0. The molecule has 0 unspecified atom stereocenters. The van der Waals surface area contributed by atoms with Crippen LogP contribution >= 0.6 is 11.3 Å². The number of benzene rings is 10. The maximum atomic E-state index is 4.23. The van der Waals surface area contributed by atoms with Crippen molar-refractivity contribution in [2.75, 3.05) is 19.6 Å². The number of hydrogen-bond acceptors (Lipinski definition) is 5. The first-order chi connectivity index (χ1) is 37.2. The number of fused-ring (bicyclic) bond motifs is 3. The molecule has 0 saturated heterocycles. The zero-order valence-corrected chi connectivity index (χ0v) is 44.5. The minimum atomic E-state index is 0.978. The summed E-state index contributed by atoms with van der Waals surface area (Å²) in [6, 6.07) is 86.4. The quantitative estimate of drug-likeness (QED) is 0.0949. The number of thiophene rings is 1. The highest BCUT2D eigenvalue weighted by Gasteiger charge is 2.22. The molecule has 0 amide bonds. The summed E-state index contributed by atoms with van der Waals surface area (Å²) in [5, 5.41) is 2.46. The SMILES string of the molecule is C=C/C(=C\C=C/C)N(c1ccccc1)c1cccc(N(c2ccccc2)c2ccc3c(c2)sc2ccc(-c4cc(N(c5ccc(C)cc5)c5ccc(C)cc5)cc(N(c5ccc(C)cc5)c5ccc(C)cc5)c4)cc23)c1. The van der Waals surface area contributed by atoms with Gasteiger partial charge in [-0.3, -0.25) is 0 Å². The summed E-state index contributed by atoms with van der Waals surface area (Å²) in [6.45, 7) is 14.8. The fourth-order valence-electron chi connectivity index (χ4n) is 10.0. The van der Waals surface area contributed by atoms with E-state index in [1.165, 1.54) is 42.4 Å². The molecule has 0 radical (unpaired) electrons. The Kier molecular flexibility index (Phi) is 14.0. The van der Waals surface area contributed by atoms with E-state index >= 15 is 0 Å². The lowest BCUT2D eigenvalue weighted by Gasteiger charge is -2.30. The van der Waals surface area contributed by atoms with Crippen LogP contribution in [0.15, 0.2) is 273 Å². The topological polar surface area (TPSA) is 13.0 Å². The van der Waals surface area contributed by atoms with Crippen LogP contribution in [-0.4, -0.2) is 0 Å². The third kappa shape index (κ3) is 10.2. The van der Waals surface area contributed by atoms with E-state index in [1.807, 2.05) is 30.4 Å². The summed E-state index contributed by atoms with van der Waals surface area (Å²) in [5.41, 5.74) is 19.9. The molecule has 0 atom stereocenters. The monoisotopic (exact) mass is 1000 g/mol. The van der Waals surface area contributed by atoms with E-state index in [2.05, 4.69) is 303 Å². The van der Waals surface area contributed by atoms with Crippen LogP contribution in [0.25, 0.3) is 31.3 Å². The van der Waals surface area contributed by atoms with Crippen LogP contribution in [0.4, 0.5) is 62.6 Å². The van der Waals surface area contributed by atoms with E-state index in [-0.39, 0.29) is 0 Å². The zero-order valence-electron chi connectivity index (χ0n) is 43.7. The van der Waals surface area contributed by atoms with Crippen molar-refractivity contribution in [3.63, 3.8) is 0 Å². The van der Waals surface area contributed by atoms with E-state index in [1.54, 1.807) is 0 Å². The molecule has 0 N–H and O–H groups in total. The molecule has 0 aliphatic rings. The molecule has 0 saturated carbocycles. The number of hydrogen-bond donors (Lipinski definition) is 0. The molecule has 0 fully saturated rings. The van der Waals surface area contributed by atoms with Crippen molar-refractivity contribution in [2.45, 2.75) is 34.6 Å². The smallest absolute Gasteiger partial charge is 0.0488 e. The highest BCUT2D eigenvalue weighted by molar-refractivity contribution is 7.25. The number of para-hydroxylation sites is 2. The van der Waals surface area contributed by atoms with Crippen LogP contribution in [0.2, 0.25) is 0 Å². The lowest BCUT2D eigenvalue weighted by molar-refractivity contribution is 1.20. The summed E-state index contributed by atoms with van der Waals surface area (Å²) in [5.74, 6) is 0. The molecule has 0 aliphatic heterocycles. The van der Waals surface area contributed by atoms with Gasteiger partial charge in [0, 0.05) is 88.4 Å². The van der Waals surface area contributed by atoms with Gasteiger partial charge in [0.1, 0.15) is 0 Å². The largest absolute Gasteiger partial charge is 0.310 e. The van der Waals surface area contributed by atoms with E-state index in [9.17, 15) is 0 Å². The van der Waals surface area contributed by atoms with Crippen LogP contribution in [-0.2, 0) is 0 Å².